The smallest absolute Gasteiger partial charge is 0.326 e. The average Bonchev–Trinajstić information content (AvgIpc) is 3.19. The molecule has 2 heterocycles. The summed E-state index contributed by atoms with van der Waals surface area (Å²) in [5.74, 6) is 0.479. The molecule has 0 radical (unpaired) electrons. The van der Waals surface area contributed by atoms with Crippen molar-refractivity contribution in [1.29, 1.82) is 0 Å². The van der Waals surface area contributed by atoms with Crippen molar-refractivity contribution in [3.05, 3.63) is 89.2 Å². The number of rotatable bonds is 4. The molecule has 0 unspecified atom stereocenters. The van der Waals surface area contributed by atoms with Gasteiger partial charge in [-0.3, -0.25) is 9.80 Å². The Morgan fingerprint density at radius 3 is 2.30 bits per heavy atom. The number of carbonyl (C=O) groups excluding carboxylic acids is 1. The van der Waals surface area contributed by atoms with Gasteiger partial charge in [0, 0.05) is 29.9 Å². The number of urea groups is 1. The van der Waals surface area contributed by atoms with E-state index in [4.69, 9.17) is 4.74 Å². The van der Waals surface area contributed by atoms with Crippen molar-refractivity contribution in [2.24, 2.45) is 0 Å². The third-order valence-corrected chi connectivity index (χ3v) is 7.91. The molecule has 0 aromatic heterocycles. The number of anilines is 2. The molecule has 1 N–H and O–H groups in total. The molecule has 3 aromatic carbocycles. The fraction of sp³-hybridized carbons (Fsp3) is 0.387. The van der Waals surface area contributed by atoms with Crippen LogP contribution in [-0.4, -0.2) is 37.7 Å². The van der Waals surface area contributed by atoms with E-state index < -0.39 is 0 Å². The molecule has 2 aliphatic rings. The molecule has 0 aliphatic carbocycles. The molecule has 5 nitrogen and oxygen atoms in total. The Bertz CT molecular complexity index is 1260. The van der Waals surface area contributed by atoms with Crippen LogP contribution in [0, 0.1) is 5.82 Å². The van der Waals surface area contributed by atoms with E-state index in [0.717, 1.165) is 49.5 Å². The highest BCUT2D eigenvalue weighted by Crippen LogP contribution is 2.47. The van der Waals surface area contributed by atoms with Crippen LogP contribution in [0.1, 0.15) is 50.3 Å². The molecule has 0 bridgehead atoms. The van der Waals surface area contributed by atoms with Gasteiger partial charge >= 0.3 is 6.03 Å². The summed E-state index contributed by atoms with van der Waals surface area (Å²) < 4.78 is 19.6. The van der Waals surface area contributed by atoms with Crippen LogP contribution >= 0.6 is 0 Å². The van der Waals surface area contributed by atoms with Gasteiger partial charge in [-0.05, 0) is 90.5 Å². The van der Waals surface area contributed by atoms with Crippen LogP contribution in [0.3, 0.4) is 0 Å². The summed E-state index contributed by atoms with van der Waals surface area (Å²) in [5, 5.41) is 3.00. The zero-order chi connectivity index (χ0) is 26.2. The Labute approximate surface area is 219 Å². The summed E-state index contributed by atoms with van der Waals surface area (Å²) in [6.45, 7) is 9.97. The van der Waals surface area contributed by atoms with Crippen LogP contribution in [0.4, 0.5) is 20.6 Å². The second kappa shape index (κ2) is 9.82. The molecule has 2 amide bonds. The number of halogens is 1. The molecule has 3 aromatic rings. The molecule has 6 heteroatoms. The summed E-state index contributed by atoms with van der Waals surface area (Å²) in [7, 11) is 1.61. The third kappa shape index (κ3) is 5.21. The van der Waals surface area contributed by atoms with E-state index in [1.807, 2.05) is 24.3 Å². The summed E-state index contributed by atoms with van der Waals surface area (Å²) in [4.78, 5) is 17.6. The van der Waals surface area contributed by atoms with Gasteiger partial charge in [-0.1, -0.05) is 45.0 Å². The number of benzene rings is 3. The van der Waals surface area contributed by atoms with Gasteiger partial charge in [0.05, 0.1) is 7.11 Å². The SMILES string of the molecule is COc1ccc(NC(=O)N2CC3(CCN(Cc4ccc(C(C)(C)C)cc4)CC3)c3cc(F)ccc32)cc1. The number of methoxy groups -OCH3 is 1. The van der Waals surface area contributed by atoms with E-state index in [0.29, 0.717) is 12.2 Å². The zero-order valence-electron chi connectivity index (χ0n) is 22.2. The predicted molar refractivity (Wildman–Crippen MR) is 147 cm³/mol. The topological polar surface area (TPSA) is 44.8 Å². The first-order valence-electron chi connectivity index (χ1n) is 13.0. The average molecular weight is 502 g/mol. The van der Waals surface area contributed by atoms with Crippen molar-refractivity contribution in [2.75, 3.05) is 37.0 Å². The van der Waals surface area contributed by atoms with Crippen molar-refractivity contribution in [3.8, 4) is 5.75 Å². The van der Waals surface area contributed by atoms with Crippen LogP contribution < -0.4 is 15.0 Å². The molecular formula is C31H36FN3O2. The number of hydrogen-bond acceptors (Lipinski definition) is 3. The van der Waals surface area contributed by atoms with E-state index in [2.05, 4.69) is 55.3 Å². The first kappa shape index (κ1) is 25.3. The van der Waals surface area contributed by atoms with E-state index in [1.165, 1.54) is 17.2 Å². The van der Waals surface area contributed by atoms with Gasteiger partial charge in [0.15, 0.2) is 0 Å². The highest BCUT2D eigenvalue weighted by atomic mass is 19.1. The fourth-order valence-electron chi connectivity index (χ4n) is 5.62. The standard InChI is InChI=1S/C31H36FN3O2/c1-30(2,3)23-7-5-22(6-8-23)20-34-17-15-31(16-18-34)21-35(28-14-9-24(32)19-27(28)31)29(36)33-25-10-12-26(37-4)13-11-25/h5-14,19H,15-18,20-21H2,1-4H3,(H,33,36). The van der Waals surface area contributed by atoms with Gasteiger partial charge in [-0.15, -0.1) is 0 Å². The van der Waals surface area contributed by atoms with Crippen LogP contribution in [0.15, 0.2) is 66.7 Å². The lowest BCUT2D eigenvalue weighted by molar-refractivity contribution is 0.160. The maximum Gasteiger partial charge on any atom is 0.326 e. The zero-order valence-corrected chi connectivity index (χ0v) is 22.2. The van der Waals surface area contributed by atoms with Gasteiger partial charge in [-0.25, -0.2) is 9.18 Å². The number of piperidine rings is 1. The second-order valence-electron chi connectivity index (χ2n) is 11.4. The molecule has 1 saturated heterocycles. The Balaban J connectivity index is 1.29. The molecule has 5 rings (SSSR count). The molecular weight excluding hydrogens is 465 g/mol. The maximum absolute atomic E-state index is 14.4. The molecule has 1 fully saturated rings. The van der Waals surface area contributed by atoms with Crippen LogP contribution in [0.2, 0.25) is 0 Å². The normalized spacial score (nSPS) is 17.1. The van der Waals surface area contributed by atoms with Crippen molar-refractivity contribution in [1.82, 2.24) is 4.90 Å². The Morgan fingerprint density at radius 2 is 1.68 bits per heavy atom. The van der Waals surface area contributed by atoms with Gasteiger partial charge in [0.25, 0.3) is 0 Å². The van der Waals surface area contributed by atoms with E-state index in [1.54, 1.807) is 24.1 Å². The second-order valence-corrected chi connectivity index (χ2v) is 11.4. The highest BCUT2D eigenvalue weighted by molar-refractivity contribution is 6.03. The number of nitrogens with zero attached hydrogens (tertiary/aromatic N) is 2. The Morgan fingerprint density at radius 1 is 1.00 bits per heavy atom. The molecule has 2 aliphatic heterocycles. The molecule has 194 valence electrons. The minimum Gasteiger partial charge on any atom is -0.497 e. The van der Waals surface area contributed by atoms with Gasteiger partial charge in [-0.2, -0.15) is 0 Å². The Kier molecular flexibility index (Phi) is 6.71. The number of ether oxygens (including phenoxy) is 1. The molecule has 0 saturated carbocycles. The van der Waals surface area contributed by atoms with Crippen molar-refractivity contribution in [2.45, 2.75) is 51.0 Å². The monoisotopic (exact) mass is 501 g/mol. The summed E-state index contributed by atoms with van der Waals surface area (Å²) >= 11 is 0. The van der Waals surface area contributed by atoms with Crippen molar-refractivity contribution >= 4 is 17.4 Å². The fourth-order valence-corrected chi connectivity index (χ4v) is 5.62. The number of likely N-dealkylation sites (tertiary alicyclic amines) is 1. The largest absolute Gasteiger partial charge is 0.497 e. The first-order valence-corrected chi connectivity index (χ1v) is 13.0. The molecule has 37 heavy (non-hydrogen) atoms. The quantitative estimate of drug-likeness (QED) is 0.432. The summed E-state index contributed by atoms with van der Waals surface area (Å²) in [5.41, 5.74) is 5.01. The minimum atomic E-state index is -0.253. The van der Waals surface area contributed by atoms with E-state index in [-0.39, 0.29) is 22.7 Å². The lowest BCUT2D eigenvalue weighted by atomic mass is 9.74. The molecule has 1 spiro atoms. The lowest BCUT2D eigenvalue weighted by Crippen LogP contribution is -2.46. The van der Waals surface area contributed by atoms with Gasteiger partial charge in [0.1, 0.15) is 11.6 Å². The minimum absolute atomic E-state index is 0.146. The number of hydrogen-bond donors (Lipinski definition) is 1. The van der Waals surface area contributed by atoms with Crippen LogP contribution in [0.25, 0.3) is 0 Å². The number of carbonyl (C=O) groups is 1. The van der Waals surface area contributed by atoms with Crippen molar-refractivity contribution < 1.29 is 13.9 Å². The van der Waals surface area contributed by atoms with Crippen molar-refractivity contribution in [3.63, 3.8) is 0 Å². The third-order valence-electron chi connectivity index (χ3n) is 7.91. The van der Waals surface area contributed by atoms with Gasteiger partial charge in [0.2, 0.25) is 0 Å². The Hall–Kier alpha value is -3.38. The van der Waals surface area contributed by atoms with E-state index in [9.17, 15) is 9.18 Å². The van der Waals surface area contributed by atoms with E-state index >= 15 is 0 Å². The lowest BCUT2D eigenvalue weighted by Gasteiger charge is -2.40. The summed E-state index contributed by atoms with van der Waals surface area (Å²) in [6, 6.07) is 20.8. The maximum atomic E-state index is 14.4. The predicted octanol–water partition coefficient (Wildman–Crippen LogP) is 6.72. The number of nitrogens with one attached hydrogen (secondary N) is 1. The van der Waals surface area contributed by atoms with Crippen LogP contribution in [0.5, 0.6) is 5.75 Å². The highest BCUT2D eigenvalue weighted by Gasteiger charge is 2.46. The van der Waals surface area contributed by atoms with Gasteiger partial charge < -0.3 is 10.1 Å². The number of amides is 2. The summed E-state index contributed by atoms with van der Waals surface area (Å²) in [6.07, 6.45) is 1.77. The molecule has 0 atom stereocenters. The number of fused-ring (bicyclic) bond motifs is 2. The first-order chi connectivity index (χ1) is 17.7. The van der Waals surface area contributed by atoms with Crippen LogP contribution in [-0.2, 0) is 17.4 Å².